The van der Waals surface area contributed by atoms with E-state index >= 15 is 0 Å². The van der Waals surface area contributed by atoms with Gasteiger partial charge in [-0.05, 0) is 43.9 Å². The number of nitrogens with zero attached hydrogens (tertiary/aromatic N) is 4. The Morgan fingerprint density at radius 3 is 2.07 bits per heavy atom. The predicted molar refractivity (Wildman–Crippen MR) is 164 cm³/mol. The van der Waals surface area contributed by atoms with Gasteiger partial charge >= 0.3 is 5.97 Å². The van der Waals surface area contributed by atoms with Crippen molar-refractivity contribution in [3.05, 3.63) is 108 Å². The molecule has 44 heavy (non-hydrogen) atoms. The molecule has 1 aromatic heterocycles. The lowest BCUT2D eigenvalue weighted by atomic mass is 9.96. The number of aromatic nitrogens is 1. The van der Waals surface area contributed by atoms with E-state index < -0.39 is 48.0 Å². The highest BCUT2D eigenvalue weighted by atomic mass is 16.6. The van der Waals surface area contributed by atoms with Gasteiger partial charge in [-0.15, -0.1) is 0 Å². The van der Waals surface area contributed by atoms with Crippen molar-refractivity contribution in [1.29, 1.82) is 0 Å². The minimum atomic E-state index is -1.79. The van der Waals surface area contributed by atoms with Gasteiger partial charge in [-0.2, -0.15) is 0 Å². The van der Waals surface area contributed by atoms with Crippen LogP contribution in [-0.4, -0.2) is 73.0 Å². The Hall–Kier alpha value is -4.83. The molecule has 0 spiro atoms. The number of esters is 1. The van der Waals surface area contributed by atoms with Crippen molar-refractivity contribution in [2.45, 2.75) is 65.3 Å². The zero-order valence-corrected chi connectivity index (χ0v) is 25.5. The van der Waals surface area contributed by atoms with Crippen LogP contribution in [0.3, 0.4) is 0 Å². The Kier molecular flexibility index (Phi) is 10.3. The molecule has 1 aliphatic heterocycles. The van der Waals surface area contributed by atoms with Crippen molar-refractivity contribution in [1.82, 2.24) is 19.9 Å². The van der Waals surface area contributed by atoms with Gasteiger partial charge in [0.05, 0.1) is 17.8 Å². The number of carbonyl (C=O) groups is 4. The summed E-state index contributed by atoms with van der Waals surface area (Å²) in [5.41, 5.74) is 1.84. The average molecular weight is 599 g/mol. The molecule has 0 bridgehead atoms. The molecular formula is C34H38N4O6. The molecule has 0 fully saturated rings. The fraction of sp³-hybridized carbons (Fsp3) is 0.324. The van der Waals surface area contributed by atoms with Gasteiger partial charge in [0, 0.05) is 36.6 Å². The largest absolute Gasteiger partial charge is 0.461 e. The lowest BCUT2D eigenvalue weighted by Gasteiger charge is -2.47. The Bertz CT molecular complexity index is 1490. The van der Waals surface area contributed by atoms with Gasteiger partial charge < -0.3 is 9.84 Å². The molecule has 10 heteroatoms. The maximum absolute atomic E-state index is 14.7. The topological polar surface area (TPSA) is 120 Å². The summed E-state index contributed by atoms with van der Waals surface area (Å²) >= 11 is 0. The second kappa shape index (κ2) is 14.1. The van der Waals surface area contributed by atoms with Crippen LogP contribution in [0.5, 0.6) is 0 Å². The highest BCUT2D eigenvalue weighted by Gasteiger charge is 2.47. The van der Waals surface area contributed by atoms with Crippen LogP contribution in [0.2, 0.25) is 0 Å². The number of amides is 3. The summed E-state index contributed by atoms with van der Waals surface area (Å²) < 4.78 is 5.34. The summed E-state index contributed by atoms with van der Waals surface area (Å²) in [5.74, 6) is -2.86. The number of hydrogen-bond acceptors (Lipinski definition) is 7. The number of rotatable bonds is 10. The number of benzene rings is 2. The summed E-state index contributed by atoms with van der Waals surface area (Å²) in [6.07, 6.45) is 2.28. The lowest BCUT2D eigenvalue weighted by Crippen LogP contribution is -2.64. The van der Waals surface area contributed by atoms with E-state index in [0.717, 1.165) is 10.6 Å². The van der Waals surface area contributed by atoms with Gasteiger partial charge in [-0.1, -0.05) is 74.5 Å². The fourth-order valence-corrected chi connectivity index (χ4v) is 5.26. The minimum absolute atomic E-state index is 0.0344. The van der Waals surface area contributed by atoms with Crippen molar-refractivity contribution in [3.63, 3.8) is 0 Å². The lowest BCUT2D eigenvalue weighted by molar-refractivity contribution is -0.177. The van der Waals surface area contributed by atoms with Gasteiger partial charge in [0.1, 0.15) is 6.04 Å². The molecule has 1 aliphatic rings. The quantitative estimate of drug-likeness (QED) is 0.349. The summed E-state index contributed by atoms with van der Waals surface area (Å²) in [6.45, 7) is 8.21. The maximum Gasteiger partial charge on any atom is 0.337 e. The van der Waals surface area contributed by atoms with Crippen LogP contribution in [0.1, 0.15) is 56.1 Å². The molecule has 2 unspecified atom stereocenters. The summed E-state index contributed by atoms with van der Waals surface area (Å²) in [4.78, 5) is 60.6. The molecule has 0 aliphatic carbocycles. The zero-order chi connectivity index (χ0) is 32.0. The first-order valence-electron chi connectivity index (χ1n) is 14.6. The summed E-state index contributed by atoms with van der Waals surface area (Å²) in [7, 11) is 0. The van der Waals surface area contributed by atoms with Crippen LogP contribution < -0.4 is 0 Å². The number of aliphatic hydroxyl groups excluding tert-OH is 1. The third-order valence-electron chi connectivity index (χ3n) is 7.21. The normalized spacial score (nSPS) is 16.4. The van der Waals surface area contributed by atoms with E-state index in [0.29, 0.717) is 11.1 Å². The number of aliphatic hydroxyl groups is 1. The van der Waals surface area contributed by atoms with Crippen molar-refractivity contribution in [2.75, 3.05) is 0 Å². The van der Waals surface area contributed by atoms with Crippen molar-refractivity contribution in [2.24, 2.45) is 5.92 Å². The second-order valence-corrected chi connectivity index (χ2v) is 11.2. The Morgan fingerprint density at radius 2 is 1.52 bits per heavy atom. The van der Waals surface area contributed by atoms with Crippen LogP contribution >= 0.6 is 0 Å². The smallest absolute Gasteiger partial charge is 0.337 e. The maximum atomic E-state index is 14.7. The van der Waals surface area contributed by atoms with Gasteiger partial charge in [0.15, 0.2) is 6.10 Å². The van der Waals surface area contributed by atoms with Gasteiger partial charge in [-0.25, -0.2) is 14.8 Å². The van der Waals surface area contributed by atoms with E-state index in [1.54, 1.807) is 56.4 Å². The highest BCUT2D eigenvalue weighted by molar-refractivity contribution is 6.03. The van der Waals surface area contributed by atoms with Gasteiger partial charge in [0.2, 0.25) is 5.91 Å². The Balaban J connectivity index is 1.92. The molecule has 3 aromatic rings. The van der Waals surface area contributed by atoms with E-state index in [1.165, 1.54) is 29.2 Å². The molecule has 3 amide bonds. The Labute approximate surface area is 257 Å². The molecule has 10 nitrogen and oxygen atoms in total. The molecule has 230 valence electrons. The molecule has 4 rings (SSSR count). The molecule has 0 saturated carbocycles. The van der Waals surface area contributed by atoms with Gasteiger partial charge in [0.25, 0.3) is 11.8 Å². The van der Waals surface area contributed by atoms with Crippen molar-refractivity contribution < 1.29 is 29.0 Å². The number of pyridine rings is 1. The van der Waals surface area contributed by atoms with Crippen LogP contribution in [-0.2, 0) is 25.5 Å². The van der Waals surface area contributed by atoms with Gasteiger partial charge in [-0.3, -0.25) is 24.3 Å². The third kappa shape index (κ3) is 7.03. The molecule has 0 saturated heterocycles. The van der Waals surface area contributed by atoms with E-state index in [9.17, 15) is 24.3 Å². The number of hydrazine groups is 1. The molecular weight excluding hydrogens is 560 g/mol. The minimum Gasteiger partial charge on any atom is -0.461 e. The van der Waals surface area contributed by atoms with Crippen molar-refractivity contribution in [3.8, 4) is 0 Å². The monoisotopic (exact) mass is 598 g/mol. The fourth-order valence-electron chi connectivity index (χ4n) is 5.26. The number of carbonyl (C=O) groups excluding carboxylic acids is 4. The second-order valence-electron chi connectivity index (χ2n) is 11.2. The molecule has 1 N–H and O–H groups in total. The standard InChI is InChI=1S/C34H38N4O6/c1-22(2)30-33(42)38(29(26-14-10-7-11-15-26)21-36(30)32(41)27-16-18-35-19-17-27)37(24(5)39)28(20-25-12-8-6-9-13-25)31(40)34(43)44-23(3)4/h6-19,21-23,28,30-31,40H,20H2,1-5H3/t28-,30?,31?/m0/s1. The van der Waals surface area contributed by atoms with E-state index in [4.69, 9.17) is 4.74 Å². The first-order valence-corrected chi connectivity index (χ1v) is 14.6. The molecule has 0 radical (unpaired) electrons. The van der Waals surface area contributed by atoms with Crippen LogP contribution in [0, 0.1) is 5.92 Å². The van der Waals surface area contributed by atoms with E-state index in [1.807, 2.05) is 50.2 Å². The van der Waals surface area contributed by atoms with E-state index in [2.05, 4.69) is 4.98 Å². The predicted octanol–water partition coefficient (Wildman–Crippen LogP) is 4.08. The van der Waals surface area contributed by atoms with E-state index in [-0.39, 0.29) is 18.0 Å². The summed E-state index contributed by atoms with van der Waals surface area (Å²) in [6, 6.07) is 18.8. The SMILES string of the molecule is CC(=O)N([C@@H](Cc1ccccc1)C(O)C(=O)OC(C)C)N1C(=O)C(C(C)C)N(C(=O)c2ccncc2)C=C1c1ccccc1. The van der Waals surface area contributed by atoms with Crippen LogP contribution in [0.4, 0.5) is 0 Å². The number of ether oxygens (including phenoxy) is 1. The number of hydrogen-bond donors (Lipinski definition) is 1. The average Bonchev–Trinajstić information content (AvgIpc) is 3.01. The first-order chi connectivity index (χ1) is 21.0. The Morgan fingerprint density at radius 1 is 0.932 bits per heavy atom. The molecule has 2 heterocycles. The first kappa shape index (κ1) is 32.1. The van der Waals surface area contributed by atoms with Crippen molar-refractivity contribution >= 4 is 29.4 Å². The molecule has 3 atom stereocenters. The molecule has 2 aromatic carbocycles. The van der Waals surface area contributed by atoms with Crippen LogP contribution in [0.15, 0.2) is 91.4 Å². The zero-order valence-electron chi connectivity index (χ0n) is 25.5. The van der Waals surface area contributed by atoms with Crippen LogP contribution in [0.25, 0.3) is 5.70 Å². The highest BCUT2D eigenvalue weighted by Crippen LogP contribution is 2.34. The third-order valence-corrected chi connectivity index (χ3v) is 7.21. The summed E-state index contributed by atoms with van der Waals surface area (Å²) in [5, 5.41) is 13.8.